The van der Waals surface area contributed by atoms with E-state index in [1.807, 2.05) is 19.1 Å². The lowest BCUT2D eigenvalue weighted by Crippen LogP contribution is -2.31. The van der Waals surface area contributed by atoms with E-state index in [0.717, 1.165) is 10.0 Å². The van der Waals surface area contributed by atoms with Gasteiger partial charge in [0.05, 0.1) is 0 Å². The first-order valence-electron chi connectivity index (χ1n) is 4.15. The summed E-state index contributed by atoms with van der Waals surface area (Å²) in [5.41, 5.74) is 3.41. The number of nitrogens with one attached hydrogen (secondary N) is 1. The van der Waals surface area contributed by atoms with E-state index in [2.05, 4.69) is 26.3 Å². The third kappa shape index (κ3) is 2.97. The van der Waals surface area contributed by atoms with Crippen molar-refractivity contribution in [3.8, 4) is 0 Å². The molecule has 0 unspecified atom stereocenters. The zero-order valence-corrected chi connectivity index (χ0v) is 10.1. The lowest BCUT2D eigenvalue weighted by Gasteiger charge is -2.06. The smallest absolute Gasteiger partial charge is 0.142 e. The third-order valence-corrected chi connectivity index (χ3v) is 2.26. The molecule has 0 aliphatic rings. The van der Waals surface area contributed by atoms with Gasteiger partial charge in [-0.1, -0.05) is 27.5 Å². The minimum Gasteiger partial charge on any atom is -0.308 e. The predicted octanol–water partition coefficient (Wildman–Crippen LogP) is 2.33. The summed E-state index contributed by atoms with van der Waals surface area (Å²) in [7, 11) is 0. The van der Waals surface area contributed by atoms with E-state index in [0.29, 0.717) is 17.4 Å². The number of hydrogen-bond donors (Lipinski definition) is 2. The molecule has 0 spiro atoms. The summed E-state index contributed by atoms with van der Waals surface area (Å²) in [5.74, 6) is 5.99. The molecule has 1 aromatic rings. The summed E-state index contributed by atoms with van der Waals surface area (Å²) in [6.07, 6.45) is 0. The van der Waals surface area contributed by atoms with Crippen molar-refractivity contribution in [1.29, 1.82) is 0 Å². The van der Waals surface area contributed by atoms with Crippen LogP contribution < -0.4 is 11.3 Å². The molecule has 0 saturated carbocycles. The second-order valence-electron chi connectivity index (χ2n) is 2.63. The van der Waals surface area contributed by atoms with Crippen molar-refractivity contribution in [2.75, 3.05) is 6.54 Å². The third-order valence-electron chi connectivity index (χ3n) is 1.59. The molecule has 3 N–H and O–H groups in total. The van der Waals surface area contributed by atoms with Crippen molar-refractivity contribution in [2.45, 2.75) is 6.92 Å². The average Bonchev–Trinajstić information content (AvgIpc) is 2.12. The molecule has 0 atom stereocenters. The van der Waals surface area contributed by atoms with Gasteiger partial charge in [0.25, 0.3) is 0 Å². The Hall–Kier alpha value is -0.580. The maximum atomic E-state index is 5.90. The number of aliphatic imine (C=N–C) groups is 1. The molecule has 0 bridgehead atoms. The van der Waals surface area contributed by atoms with Crippen LogP contribution in [0.4, 0.5) is 0 Å². The van der Waals surface area contributed by atoms with Crippen molar-refractivity contribution in [3.05, 3.63) is 33.3 Å². The van der Waals surface area contributed by atoms with Crippen molar-refractivity contribution in [1.82, 2.24) is 5.43 Å². The minimum atomic E-state index is 0.635. The van der Waals surface area contributed by atoms with Gasteiger partial charge in [-0.25, -0.2) is 5.84 Å². The van der Waals surface area contributed by atoms with E-state index in [1.165, 1.54) is 0 Å². The van der Waals surface area contributed by atoms with Crippen molar-refractivity contribution in [3.63, 3.8) is 0 Å². The Morgan fingerprint density at radius 3 is 2.79 bits per heavy atom. The van der Waals surface area contributed by atoms with E-state index in [9.17, 15) is 0 Å². The highest BCUT2D eigenvalue weighted by atomic mass is 79.9. The Bertz CT molecular complexity index is 332. The number of rotatable bonds is 2. The molecule has 14 heavy (non-hydrogen) atoms. The van der Waals surface area contributed by atoms with Crippen LogP contribution in [0.2, 0.25) is 5.02 Å². The highest BCUT2D eigenvalue weighted by Crippen LogP contribution is 2.19. The zero-order valence-electron chi connectivity index (χ0n) is 7.72. The van der Waals surface area contributed by atoms with Gasteiger partial charge in [0.2, 0.25) is 0 Å². The molecular weight excluding hydrogens is 265 g/mol. The molecule has 0 heterocycles. The largest absolute Gasteiger partial charge is 0.308 e. The van der Waals surface area contributed by atoms with Crippen LogP contribution in [0.3, 0.4) is 0 Å². The van der Waals surface area contributed by atoms with Gasteiger partial charge in [-0.2, -0.15) is 0 Å². The minimum absolute atomic E-state index is 0.635. The van der Waals surface area contributed by atoms with Crippen molar-refractivity contribution < 1.29 is 0 Å². The highest BCUT2D eigenvalue weighted by molar-refractivity contribution is 9.10. The SMILES string of the molecule is CCN=C(NN)c1cc(Cl)cc(Br)c1. The van der Waals surface area contributed by atoms with Gasteiger partial charge >= 0.3 is 0 Å². The predicted molar refractivity (Wildman–Crippen MR) is 63.6 cm³/mol. The van der Waals surface area contributed by atoms with Gasteiger partial charge in [-0.3, -0.25) is 4.99 Å². The van der Waals surface area contributed by atoms with Crippen LogP contribution in [0.5, 0.6) is 0 Å². The van der Waals surface area contributed by atoms with Crippen LogP contribution in [-0.4, -0.2) is 12.4 Å². The lowest BCUT2D eigenvalue weighted by molar-refractivity contribution is 0.991. The van der Waals surface area contributed by atoms with Crippen LogP contribution in [0, 0.1) is 0 Å². The Labute approximate surface area is 96.5 Å². The van der Waals surface area contributed by atoms with E-state index >= 15 is 0 Å². The van der Waals surface area contributed by atoms with Crippen LogP contribution in [0.1, 0.15) is 12.5 Å². The monoisotopic (exact) mass is 275 g/mol. The van der Waals surface area contributed by atoms with Crippen LogP contribution >= 0.6 is 27.5 Å². The summed E-state index contributed by atoms with van der Waals surface area (Å²) in [5, 5.41) is 0.647. The van der Waals surface area contributed by atoms with Gasteiger partial charge < -0.3 is 5.43 Å². The Balaban J connectivity index is 3.10. The molecule has 76 valence electrons. The van der Waals surface area contributed by atoms with Crippen LogP contribution in [0.15, 0.2) is 27.7 Å². The van der Waals surface area contributed by atoms with Gasteiger partial charge in [0.15, 0.2) is 0 Å². The number of hydrogen-bond acceptors (Lipinski definition) is 2. The summed E-state index contributed by atoms with van der Waals surface area (Å²) in [4.78, 5) is 4.20. The van der Waals surface area contributed by atoms with Crippen LogP contribution in [0.25, 0.3) is 0 Å². The van der Waals surface area contributed by atoms with Crippen molar-refractivity contribution in [2.24, 2.45) is 10.8 Å². The molecule has 3 nitrogen and oxygen atoms in total. The Morgan fingerprint density at radius 2 is 2.29 bits per heavy atom. The Morgan fingerprint density at radius 1 is 1.57 bits per heavy atom. The molecule has 0 saturated heterocycles. The van der Waals surface area contributed by atoms with E-state index in [1.54, 1.807) is 6.07 Å². The average molecular weight is 277 g/mol. The molecule has 1 aromatic carbocycles. The summed E-state index contributed by atoms with van der Waals surface area (Å²) < 4.78 is 0.902. The fourth-order valence-corrected chi connectivity index (χ4v) is 1.93. The van der Waals surface area contributed by atoms with E-state index in [4.69, 9.17) is 17.4 Å². The molecule has 0 aliphatic carbocycles. The number of benzene rings is 1. The van der Waals surface area contributed by atoms with E-state index < -0.39 is 0 Å². The van der Waals surface area contributed by atoms with Gasteiger partial charge in [0, 0.05) is 21.6 Å². The molecule has 0 aromatic heterocycles. The molecule has 5 heteroatoms. The number of halogens is 2. The summed E-state index contributed by atoms with van der Waals surface area (Å²) in [6.45, 7) is 2.61. The first kappa shape index (κ1) is 11.5. The molecule has 1 rings (SSSR count). The quantitative estimate of drug-likeness (QED) is 0.377. The summed E-state index contributed by atoms with van der Waals surface area (Å²) in [6, 6.07) is 5.52. The molecule has 0 radical (unpaired) electrons. The number of nitrogens with two attached hydrogens (primary N) is 1. The topological polar surface area (TPSA) is 50.4 Å². The molecule has 0 amide bonds. The summed E-state index contributed by atoms with van der Waals surface area (Å²) >= 11 is 9.25. The fourth-order valence-electron chi connectivity index (χ4n) is 1.07. The highest BCUT2D eigenvalue weighted by Gasteiger charge is 2.03. The number of hydrazine groups is 1. The maximum absolute atomic E-state index is 5.90. The fraction of sp³-hybridized carbons (Fsp3) is 0.222. The number of nitrogens with zero attached hydrogens (tertiary/aromatic N) is 1. The molecule has 0 aliphatic heterocycles. The molecule has 0 fully saturated rings. The second-order valence-corrected chi connectivity index (χ2v) is 3.98. The van der Waals surface area contributed by atoms with Gasteiger partial charge in [0.1, 0.15) is 5.84 Å². The standard InChI is InChI=1S/C9H11BrClN3/c1-2-13-9(14-12)6-3-7(10)5-8(11)4-6/h3-5H,2,12H2,1H3,(H,13,14). The van der Waals surface area contributed by atoms with Gasteiger partial charge in [-0.15, -0.1) is 0 Å². The normalized spacial score (nSPS) is 11.6. The molecular formula is C9H11BrClN3. The first-order valence-corrected chi connectivity index (χ1v) is 5.32. The first-order chi connectivity index (χ1) is 6.67. The van der Waals surface area contributed by atoms with Gasteiger partial charge in [-0.05, 0) is 25.1 Å². The zero-order chi connectivity index (χ0) is 10.6. The lowest BCUT2D eigenvalue weighted by atomic mass is 10.2. The number of amidine groups is 1. The van der Waals surface area contributed by atoms with Crippen molar-refractivity contribution >= 4 is 33.4 Å². The maximum Gasteiger partial charge on any atom is 0.142 e. The Kier molecular flexibility index (Phi) is 4.38. The van der Waals surface area contributed by atoms with E-state index in [-0.39, 0.29) is 0 Å². The second kappa shape index (κ2) is 5.34. The van der Waals surface area contributed by atoms with Crippen LogP contribution in [-0.2, 0) is 0 Å².